The lowest BCUT2D eigenvalue weighted by Crippen LogP contribution is -2.16. The van der Waals surface area contributed by atoms with E-state index in [1.54, 1.807) is 0 Å². The lowest BCUT2D eigenvalue weighted by Gasteiger charge is -2.10. The Kier molecular flexibility index (Phi) is 6.73. The first-order valence-corrected chi connectivity index (χ1v) is 8.76. The molecule has 0 aliphatic rings. The van der Waals surface area contributed by atoms with Gasteiger partial charge in [0, 0.05) is 17.8 Å². The fourth-order valence-corrected chi connectivity index (χ4v) is 2.85. The van der Waals surface area contributed by atoms with Gasteiger partial charge in [-0.15, -0.1) is 0 Å². The quantitative estimate of drug-likeness (QED) is 0.312. The number of aromatic amines is 1. The van der Waals surface area contributed by atoms with Crippen molar-refractivity contribution in [2.24, 2.45) is 0 Å². The van der Waals surface area contributed by atoms with Crippen molar-refractivity contribution in [2.75, 3.05) is 18.2 Å². The second-order valence-corrected chi connectivity index (χ2v) is 6.23. The van der Waals surface area contributed by atoms with Crippen molar-refractivity contribution in [2.45, 2.75) is 24.9 Å². The fraction of sp³-hybridized carbons (Fsp3) is 0.312. The molecule has 0 saturated heterocycles. The molecule has 0 aliphatic heterocycles. The maximum absolute atomic E-state index is 12.1. The summed E-state index contributed by atoms with van der Waals surface area (Å²) in [5.74, 6) is -0.154. The van der Waals surface area contributed by atoms with Gasteiger partial charge in [0.1, 0.15) is 5.75 Å². The highest BCUT2D eigenvalue weighted by Gasteiger charge is 2.14. The van der Waals surface area contributed by atoms with Crippen LogP contribution < -0.4 is 15.6 Å². The summed E-state index contributed by atoms with van der Waals surface area (Å²) >= 11 is 1.10. The number of carbonyl (C=O) groups is 1. The van der Waals surface area contributed by atoms with Crippen LogP contribution in [0.5, 0.6) is 5.75 Å². The standard InChI is InChI=1S/C16H18N4O5S/c1-3-4-10-7-14(21)19-16(17-10)26-9-15(22)18-12-6-5-11(20(23)24)8-13(12)25-2/h5-8H,3-4,9H2,1-2H3,(H,18,22)(H,17,19,21). The molecule has 138 valence electrons. The van der Waals surface area contributed by atoms with Gasteiger partial charge in [-0.1, -0.05) is 25.1 Å². The number of anilines is 1. The van der Waals surface area contributed by atoms with Gasteiger partial charge in [0.15, 0.2) is 5.16 Å². The van der Waals surface area contributed by atoms with Crippen LogP contribution in [-0.2, 0) is 11.2 Å². The van der Waals surface area contributed by atoms with E-state index in [1.807, 2.05) is 6.92 Å². The molecular weight excluding hydrogens is 360 g/mol. The van der Waals surface area contributed by atoms with Crippen LogP contribution in [0.3, 0.4) is 0 Å². The van der Waals surface area contributed by atoms with E-state index in [9.17, 15) is 19.7 Å². The first-order valence-electron chi connectivity index (χ1n) is 7.78. The molecule has 26 heavy (non-hydrogen) atoms. The van der Waals surface area contributed by atoms with E-state index in [1.165, 1.54) is 31.4 Å². The number of H-pyrrole nitrogens is 1. The largest absolute Gasteiger partial charge is 0.494 e. The molecule has 1 aromatic heterocycles. The van der Waals surface area contributed by atoms with Crippen LogP contribution in [0, 0.1) is 10.1 Å². The molecule has 0 radical (unpaired) electrons. The minimum atomic E-state index is -0.546. The number of aryl methyl sites for hydroxylation is 1. The zero-order chi connectivity index (χ0) is 19.1. The number of non-ortho nitro benzene ring substituents is 1. The van der Waals surface area contributed by atoms with Crippen LogP contribution in [-0.4, -0.2) is 33.7 Å². The van der Waals surface area contributed by atoms with Gasteiger partial charge in [0.05, 0.1) is 29.5 Å². The Hall–Kier alpha value is -2.88. The zero-order valence-corrected chi connectivity index (χ0v) is 15.1. The van der Waals surface area contributed by atoms with Gasteiger partial charge < -0.3 is 15.0 Å². The average molecular weight is 378 g/mol. The number of rotatable bonds is 8. The molecule has 0 aliphatic carbocycles. The van der Waals surface area contributed by atoms with Crippen molar-refractivity contribution in [1.82, 2.24) is 9.97 Å². The number of methoxy groups -OCH3 is 1. The van der Waals surface area contributed by atoms with Gasteiger partial charge in [0.2, 0.25) is 5.91 Å². The predicted octanol–water partition coefficient (Wildman–Crippen LogP) is 2.37. The van der Waals surface area contributed by atoms with Gasteiger partial charge >= 0.3 is 0 Å². The summed E-state index contributed by atoms with van der Waals surface area (Å²) in [6, 6.07) is 5.35. The second kappa shape index (κ2) is 8.99. The molecule has 1 amide bonds. The van der Waals surface area contributed by atoms with Gasteiger partial charge in [0.25, 0.3) is 11.2 Å². The smallest absolute Gasteiger partial charge is 0.273 e. The van der Waals surface area contributed by atoms with Crippen LogP contribution in [0.2, 0.25) is 0 Å². The first-order chi connectivity index (χ1) is 12.4. The lowest BCUT2D eigenvalue weighted by atomic mass is 10.2. The van der Waals surface area contributed by atoms with E-state index in [4.69, 9.17) is 4.74 Å². The van der Waals surface area contributed by atoms with Crippen molar-refractivity contribution >= 4 is 29.0 Å². The summed E-state index contributed by atoms with van der Waals surface area (Å²) in [5, 5.41) is 13.8. The highest BCUT2D eigenvalue weighted by molar-refractivity contribution is 7.99. The molecule has 0 fully saturated rings. The van der Waals surface area contributed by atoms with E-state index < -0.39 is 4.92 Å². The molecule has 1 heterocycles. The summed E-state index contributed by atoms with van der Waals surface area (Å²) in [4.78, 5) is 40.9. The Bertz CT molecular complexity index is 868. The third kappa shape index (κ3) is 5.31. The molecule has 2 rings (SSSR count). The predicted molar refractivity (Wildman–Crippen MR) is 97.9 cm³/mol. The van der Waals surface area contributed by atoms with E-state index in [-0.39, 0.29) is 28.7 Å². The number of nitro groups is 1. The maximum atomic E-state index is 12.1. The number of carbonyl (C=O) groups excluding carboxylic acids is 1. The summed E-state index contributed by atoms with van der Waals surface area (Å²) < 4.78 is 5.07. The molecule has 2 N–H and O–H groups in total. The summed E-state index contributed by atoms with van der Waals surface area (Å²) in [6.45, 7) is 1.99. The monoisotopic (exact) mass is 378 g/mol. The van der Waals surface area contributed by atoms with E-state index >= 15 is 0 Å². The first kappa shape index (κ1) is 19.4. The topological polar surface area (TPSA) is 127 Å². The number of hydrogen-bond donors (Lipinski definition) is 2. The highest BCUT2D eigenvalue weighted by atomic mass is 32.2. The van der Waals surface area contributed by atoms with Crippen molar-refractivity contribution in [3.63, 3.8) is 0 Å². The summed E-state index contributed by atoms with van der Waals surface area (Å²) in [7, 11) is 1.36. The number of ether oxygens (including phenoxy) is 1. The number of nitro benzene ring substituents is 1. The molecule has 0 unspecified atom stereocenters. The van der Waals surface area contributed by atoms with E-state index in [0.717, 1.165) is 18.2 Å². The lowest BCUT2D eigenvalue weighted by molar-refractivity contribution is -0.384. The van der Waals surface area contributed by atoms with Crippen molar-refractivity contribution in [3.05, 3.63) is 50.4 Å². The van der Waals surface area contributed by atoms with Crippen molar-refractivity contribution in [1.29, 1.82) is 0 Å². The van der Waals surface area contributed by atoms with Crippen LogP contribution in [0.25, 0.3) is 0 Å². The molecule has 9 nitrogen and oxygen atoms in total. The van der Waals surface area contributed by atoms with Crippen LogP contribution in [0.4, 0.5) is 11.4 Å². The SMILES string of the molecule is CCCc1cc(=O)[nH]c(SCC(=O)Nc2ccc([N+](=O)[O-])cc2OC)n1. The Labute approximate surface area is 153 Å². The van der Waals surface area contributed by atoms with Crippen LogP contribution in [0.1, 0.15) is 19.0 Å². The number of amides is 1. The number of nitrogens with zero attached hydrogens (tertiary/aromatic N) is 2. The number of thioether (sulfide) groups is 1. The van der Waals surface area contributed by atoms with E-state index in [2.05, 4.69) is 15.3 Å². The maximum Gasteiger partial charge on any atom is 0.273 e. The van der Waals surface area contributed by atoms with Gasteiger partial charge in [-0.05, 0) is 12.5 Å². The molecule has 0 saturated carbocycles. The molecular formula is C16H18N4O5S. The van der Waals surface area contributed by atoms with Gasteiger partial charge in [-0.2, -0.15) is 0 Å². The number of benzene rings is 1. The molecule has 10 heteroatoms. The van der Waals surface area contributed by atoms with Crippen molar-refractivity contribution in [3.8, 4) is 5.75 Å². The molecule has 0 spiro atoms. The van der Waals surface area contributed by atoms with Gasteiger partial charge in [-0.25, -0.2) is 4.98 Å². The molecule has 0 atom stereocenters. The summed E-state index contributed by atoms with van der Waals surface area (Å²) in [5.41, 5.74) is 0.605. The zero-order valence-electron chi connectivity index (χ0n) is 14.3. The van der Waals surface area contributed by atoms with Crippen LogP contribution in [0.15, 0.2) is 34.2 Å². The number of aromatic nitrogens is 2. The third-order valence-electron chi connectivity index (χ3n) is 3.29. The van der Waals surface area contributed by atoms with Gasteiger partial charge in [-0.3, -0.25) is 19.7 Å². The Morgan fingerprint density at radius 2 is 2.19 bits per heavy atom. The van der Waals surface area contributed by atoms with E-state index in [0.29, 0.717) is 23.0 Å². The number of nitrogens with one attached hydrogen (secondary N) is 2. The molecule has 0 bridgehead atoms. The normalized spacial score (nSPS) is 10.4. The Morgan fingerprint density at radius 1 is 1.42 bits per heavy atom. The second-order valence-electron chi connectivity index (χ2n) is 5.27. The fourth-order valence-electron chi connectivity index (χ4n) is 2.15. The summed E-state index contributed by atoms with van der Waals surface area (Å²) in [6.07, 6.45) is 1.55. The highest BCUT2D eigenvalue weighted by Crippen LogP contribution is 2.29. The van der Waals surface area contributed by atoms with Crippen molar-refractivity contribution < 1.29 is 14.5 Å². The number of hydrogen-bond acceptors (Lipinski definition) is 7. The third-order valence-corrected chi connectivity index (χ3v) is 4.16. The minimum absolute atomic E-state index is 0.0126. The molecule has 1 aromatic carbocycles. The average Bonchev–Trinajstić information content (AvgIpc) is 2.60. The molecule has 2 aromatic rings. The Balaban J connectivity index is 2.03. The van der Waals surface area contributed by atoms with Crippen LogP contribution >= 0.6 is 11.8 Å². The minimum Gasteiger partial charge on any atom is -0.494 e. The Morgan fingerprint density at radius 3 is 2.85 bits per heavy atom.